The van der Waals surface area contributed by atoms with Crippen LogP contribution in [0.25, 0.3) is 0 Å². The molecule has 0 aliphatic carbocycles. The Kier molecular flexibility index (Phi) is 6.98. The van der Waals surface area contributed by atoms with Crippen LogP contribution in [0.15, 0.2) is 27.4 Å². The zero-order valence-electron chi connectivity index (χ0n) is 16.2. The van der Waals surface area contributed by atoms with Crippen LogP contribution >= 0.6 is 23.1 Å². The van der Waals surface area contributed by atoms with Crippen LogP contribution in [0.4, 0.5) is 5.13 Å². The molecule has 3 rings (SSSR count). The monoisotopic (exact) mass is 458 g/mol. The third kappa shape index (κ3) is 5.38. The summed E-state index contributed by atoms with van der Waals surface area (Å²) in [5, 5.41) is 8.35. The minimum atomic E-state index is -3.94. The highest BCUT2D eigenvalue weighted by Crippen LogP contribution is 2.30. The van der Waals surface area contributed by atoms with Crippen molar-refractivity contribution in [3.8, 4) is 5.75 Å². The first-order chi connectivity index (χ1) is 13.8. The van der Waals surface area contributed by atoms with Gasteiger partial charge in [-0.1, -0.05) is 36.9 Å². The molecule has 29 heavy (non-hydrogen) atoms. The summed E-state index contributed by atoms with van der Waals surface area (Å²) in [6, 6.07) is 4.19. The molecule has 0 saturated carbocycles. The van der Waals surface area contributed by atoms with Crippen LogP contribution in [0.5, 0.6) is 5.75 Å². The number of nitrogens with one attached hydrogen (secondary N) is 1. The molecule has 0 unspecified atom stereocenters. The lowest BCUT2D eigenvalue weighted by Gasteiger charge is -2.27. The maximum Gasteiger partial charge on any atom is 0.263 e. The van der Waals surface area contributed by atoms with Crippen molar-refractivity contribution in [3.05, 3.63) is 23.8 Å². The smallest absolute Gasteiger partial charge is 0.263 e. The van der Waals surface area contributed by atoms with Crippen LogP contribution in [0.3, 0.4) is 0 Å². The second-order valence-corrected chi connectivity index (χ2v) is 10.9. The number of hydrogen-bond donors (Lipinski definition) is 1. The van der Waals surface area contributed by atoms with E-state index in [1.54, 1.807) is 4.90 Å². The van der Waals surface area contributed by atoms with Gasteiger partial charge in [-0.3, -0.25) is 9.52 Å². The van der Waals surface area contributed by atoms with E-state index >= 15 is 0 Å². The van der Waals surface area contributed by atoms with E-state index in [0.29, 0.717) is 41.6 Å². The first-order valence-electron chi connectivity index (χ1n) is 8.88. The van der Waals surface area contributed by atoms with Gasteiger partial charge in [0, 0.05) is 18.3 Å². The Hall–Kier alpha value is -1.89. The maximum absolute atomic E-state index is 12.9. The number of amides is 1. The van der Waals surface area contributed by atoms with E-state index in [2.05, 4.69) is 14.9 Å². The molecule has 1 aliphatic heterocycles. The maximum atomic E-state index is 12.9. The lowest BCUT2D eigenvalue weighted by atomic mass is 10.1. The average molecular weight is 459 g/mol. The molecule has 1 amide bonds. The topological polar surface area (TPSA) is 111 Å². The molecule has 1 aromatic heterocycles. The van der Waals surface area contributed by atoms with Crippen molar-refractivity contribution < 1.29 is 22.7 Å². The normalized spacial score (nSPS) is 14.8. The zero-order chi connectivity index (χ0) is 21.0. The summed E-state index contributed by atoms with van der Waals surface area (Å²) in [6.45, 7) is 5.81. The molecular formula is C17H22N4O5S3. The van der Waals surface area contributed by atoms with E-state index in [0.717, 1.165) is 11.3 Å². The standard InChI is InChI=1S/C17H22N4O5S3/c1-11(2)27-17-19-18-16(28-17)20-29(23,24)12-4-5-14(25-3)13(10-12)15(22)21-6-8-26-9-7-21/h4-5,10-11H,6-9H2,1-3H3,(H,18,20). The number of sulfonamides is 1. The van der Waals surface area contributed by atoms with Crippen LogP contribution in [0.1, 0.15) is 24.2 Å². The van der Waals surface area contributed by atoms with E-state index < -0.39 is 10.0 Å². The van der Waals surface area contributed by atoms with Gasteiger partial charge in [-0.05, 0) is 18.2 Å². The van der Waals surface area contributed by atoms with Crippen molar-refractivity contribution in [3.63, 3.8) is 0 Å². The van der Waals surface area contributed by atoms with Gasteiger partial charge in [-0.15, -0.1) is 10.2 Å². The number of nitrogens with zero attached hydrogens (tertiary/aromatic N) is 3. The molecule has 0 atom stereocenters. The number of benzene rings is 1. The van der Waals surface area contributed by atoms with Crippen LogP contribution in [0.2, 0.25) is 0 Å². The van der Waals surface area contributed by atoms with Crippen LogP contribution in [-0.2, 0) is 14.8 Å². The fourth-order valence-corrected chi connectivity index (χ4v) is 5.86. The van der Waals surface area contributed by atoms with Crippen LogP contribution < -0.4 is 9.46 Å². The first-order valence-corrected chi connectivity index (χ1v) is 12.1. The predicted molar refractivity (Wildman–Crippen MR) is 111 cm³/mol. The third-order valence-electron chi connectivity index (χ3n) is 3.97. The summed E-state index contributed by atoms with van der Waals surface area (Å²) < 4.78 is 39.3. The summed E-state index contributed by atoms with van der Waals surface area (Å²) in [6.07, 6.45) is 0. The largest absolute Gasteiger partial charge is 0.496 e. The molecule has 1 aliphatic rings. The Balaban J connectivity index is 1.85. The fraction of sp³-hybridized carbons (Fsp3) is 0.471. The summed E-state index contributed by atoms with van der Waals surface area (Å²) >= 11 is 2.66. The summed E-state index contributed by atoms with van der Waals surface area (Å²) in [4.78, 5) is 14.4. The van der Waals surface area contributed by atoms with Gasteiger partial charge in [0.15, 0.2) is 4.34 Å². The van der Waals surface area contributed by atoms with Crippen molar-refractivity contribution in [2.24, 2.45) is 0 Å². The Bertz CT molecular complexity index is 971. The van der Waals surface area contributed by atoms with Gasteiger partial charge in [0.05, 0.1) is 30.8 Å². The number of hydrogen-bond acceptors (Lipinski definition) is 9. The molecule has 9 nitrogen and oxygen atoms in total. The average Bonchev–Trinajstić information content (AvgIpc) is 3.12. The molecule has 2 aromatic rings. The number of aromatic nitrogens is 2. The quantitative estimate of drug-likeness (QED) is 0.630. The van der Waals surface area contributed by atoms with Gasteiger partial charge < -0.3 is 14.4 Å². The molecule has 0 spiro atoms. The van der Waals surface area contributed by atoms with Gasteiger partial charge in [0.2, 0.25) is 5.13 Å². The number of methoxy groups -OCH3 is 1. The summed E-state index contributed by atoms with van der Waals surface area (Å²) in [5.74, 6) is 0.0145. The van der Waals surface area contributed by atoms with Gasteiger partial charge in [0.25, 0.3) is 15.9 Å². The second kappa shape index (κ2) is 9.28. The molecule has 2 heterocycles. The molecule has 0 bridgehead atoms. The molecule has 1 N–H and O–H groups in total. The van der Waals surface area contributed by atoms with Gasteiger partial charge in [-0.25, -0.2) is 8.42 Å². The lowest BCUT2D eigenvalue weighted by Crippen LogP contribution is -2.40. The van der Waals surface area contributed by atoms with Crippen LogP contribution in [-0.4, -0.2) is 68.1 Å². The minimum absolute atomic E-state index is 0.0526. The van der Waals surface area contributed by atoms with Crippen molar-refractivity contribution in [2.45, 2.75) is 28.3 Å². The number of ether oxygens (including phenoxy) is 2. The summed E-state index contributed by atoms with van der Waals surface area (Å²) in [7, 11) is -2.51. The van der Waals surface area contributed by atoms with E-state index in [4.69, 9.17) is 9.47 Å². The summed E-state index contributed by atoms with van der Waals surface area (Å²) in [5.41, 5.74) is 0.186. The fourth-order valence-electron chi connectivity index (χ4n) is 2.63. The SMILES string of the molecule is COc1ccc(S(=O)(=O)Nc2nnc(SC(C)C)s2)cc1C(=O)N1CCOCC1. The zero-order valence-corrected chi connectivity index (χ0v) is 18.7. The Morgan fingerprint density at radius 3 is 2.69 bits per heavy atom. The Morgan fingerprint density at radius 2 is 2.03 bits per heavy atom. The van der Waals surface area contributed by atoms with Crippen molar-refractivity contribution in [1.82, 2.24) is 15.1 Å². The van der Waals surface area contributed by atoms with E-state index in [1.807, 2.05) is 13.8 Å². The predicted octanol–water partition coefficient (Wildman–Crippen LogP) is 2.32. The molecule has 158 valence electrons. The molecule has 0 radical (unpaired) electrons. The molecule has 1 aromatic carbocycles. The van der Waals surface area contributed by atoms with Crippen molar-refractivity contribution in [1.29, 1.82) is 0 Å². The van der Waals surface area contributed by atoms with Gasteiger partial charge in [0.1, 0.15) is 5.75 Å². The molecule has 1 fully saturated rings. The molecule has 1 saturated heterocycles. The highest BCUT2D eigenvalue weighted by atomic mass is 32.2. The van der Waals surface area contributed by atoms with E-state index in [-0.39, 0.29) is 21.5 Å². The van der Waals surface area contributed by atoms with Crippen molar-refractivity contribution >= 4 is 44.2 Å². The van der Waals surface area contributed by atoms with Gasteiger partial charge in [-0.2, -0.15) is 0 Å². The van der Waals surface area contributed by atoms with Gasteiger partial charge >= 0.3 is 0 Å². The Labute approximate surface area is 177 Å². The third-order valence-corrected chi connectivity index (χ3v) is 7.37. The minimum Gasteiger partial charge on any atom is -0.496 e. The first kappa shape index (κ1) is 21.8. The lowest BCUT2D eigenvalue weighted by molar-refractivity contribution is 0.0300. The number of anilines is 1. The van der Waals surface area contributed by atoms with Crippen LogP contribution in [0, 0.1) is 0 Å². The van der Waals surface area contributed by atoms with E-state index in [1.165, 1.54) is 37.1 Å². The second-order valence-electron chi connectivity index (χ2n) is 6.41. The highest BCUT2D eigenvalue weighted by Gasteiger charge is 2.25. The number of carbonyl (C=O) groups excluding carboxylic acids is 1. The van der Waals surface area contributed by atoms with Crippen molar-refractivity contribution in [2.75, 3.05) is 38.1 Å². The Morgan fingerprint density at radius 1 is 1.31 bits per heavy atom. The number of thioether (sulfide) groups is 1. The number of carbonyl (C=O) groups is 1. The van der Waals surface area contributed by atoms with E-state index in [9.17, 15) is 13.2 Å². The highest BCUT2D eigenvalue weighted by molar-refractivity contribution is 8.01. The molecular weight excluding hydrogens is 436 g/mol. The molecule has 12 heteroatoms. The number of morpholine rings is 1. The number of rotatable bonds is 7.